The maximum absolute atomic E-state index is 3.61. The normalized spacial score (nSPS) is 24.7. The van der Waals surface area contributed by atoms with E-state index >= 15 is 0 Å². The number of hydrogen-bond donors (Lipinski definition) is 1. The van der Waals surface area contributed by atoms with Crippen LogP contribution in [-0.2, 0) is 0 Å². The summed E-state index contributed by atoms with van der Waals surface area (Å²) < 4.78 is 0. The summed E-state index contributed by atoms with van der Waals surface area (Å²) in [5.74, 6) is 0.671. The van der Waals surface area contributed by atoms with Crippen LogP contribution >= 0.6 is 0 Å². The van der Waals surface area contributed by atoms with Gasteiger partial charge in [0.2, 0.25) is 0 Å². The van der Waals surface area contributed by atoms with Crippen molar-refractivity contribution in [3.8, 4) is 0 Å². The maximum atomic E-state index is 3.61. The molecule has 1 heterocycles. The van der Waals surface area contributed by atoms with E-state index in [0.29, 0.717) is 18.0 Å². The zero-order valence-electron chi connectivity index (χ0n) is 12.3. The molecule has 0 saturated carbocycles. The van der Waals surface area contributed by atoms with Gasteiger partial charge in [0.05, 0.1) is 0 Å². The monoisotopic (exact) mass is 246 g/mol. The summed E-state index contributed by atoms with van der Waals surface area (Å²) in [5.41, 5.74) is 4.16. The molecule has 2 heteroatoms. The Labute approximate surface area is 111 Å². The third-order valence-corrected chi connectivity index (χ3v) is 3.99. The highest BCUT2D eigenvalue weighted by molar-refractivity contribution is 5.56. The molecule has 0 radical (unpaired) electrons. The summed E-state index contributed by atoms with van der Waals surface area (Å²) in [6.45, 7) is 13.5. The van der Waals surface area contributed by atoms with Crippen molar-refractivity contribution in [1.82, 2.24) is 5.32 Å². The fraction of sp³-hybridized carbons (Fsp3) is 0.625. The Morgan fingerprint density at radius 1 is 1.28 bits per heavy atom. The molecule has 1 aromatic carbocycles. The number of anilines is 1. The summed E-state index contributed by atoms with van der Waals surface area (Å²) in [5, 5.41) is 3.61. The van der Waals surface area contributed by atoms with Gasteiger partial charge in [0.25, 0.3) is 0 Å². The first-order valence-electron chi connectivity index (χ1n) is 7.06. The largest absolute Gasteiger partial charge is 0.365 e. The standard InChI is InChI=1S/C16H26N2/c1-11(2)16-9-17-14(5)10-18(16)15-8-12(3)6-7-13(15)4/h6-8,11,14,16-17H,9-10H2,1-5H3. The van der Waals surface area contributed by atoms with Crippen LogP contribution in [0.4, 0.5) is 5.69 Å². The third kappa shape index (κ3) is 2.69. The fourth-order valence-corrected chi connectivity index (χ4v) is 2.83. The quantitative estimate of drug-likeness (QED) is 0.862. The van der Waals surface area contributed by atoms with Gasteiger partial charge in [-0.1, -0.05) is 26.0 Å². The molecule has 1 N–H and O–H groups in total. The highest BCUT2D eigenvalue weighted by Gasteiger charge is 2.28. The second-order valence-electron chi connectivity index (χ2n) is 6.06. The third-order valence-electron chi connectivity index (χ3n) is 3.99. The van der Waals surface area contributed by atoms with E-state index in [1.165, 1.54) is 16.8 Å². The Morgan fingerprint density at radius 2 is 2.00 bits per heavy atom. The van der Waals surface area contributed by atoms with Crippen LogP contribution in [-0.4, -0.2) is 25.2 Å². The molecule has 1 saturated heterocycles. The molecule has 1 aliphatic heterocycles. The van der Waals surface area contributed by atoms with Crippen LogP contribution < -0.4 is 10.2 Å². The lowest BCUT2D eigenvalue weighted by molar-refractivity contribution is 0.349. The van der Waals surface area contributed by atoms with Crippen LogP contribution in [0.2, 0.25) is 0 Å². The highest BCUT2D eigenvalue weighted by atomic mass is 15.2. The molecule has 0 bridgehead atoms. The lowest BCUT2D eigenvalue weighted by Gasteiger charge is -2.43. The number of rotatable bonds is 2. The molecule has 0 aromatic heterocycles. The molecule has 1 fully saturated rings. The summed E-state index contributed by atoms with van der Waals surface area (Å²) in [4.78, 5) is 2.61. The van der Waals surface area contributed by atoms with Crippen molar-refractivity contribution in [2.45, 2.75) is 46.7 Å². The van der Waals surface area contributed by atoms with E-state index < -0.39 is 0 Å². The Hall–Kier alpha value is -1.02. The van der Waals surface area contributed by atoms with Crippen LogP contribution in [0.25, 0.3) is 0 Å². The first-order valence-corrected chi connectivity index (χ1v) is 7.06. The lowest BCUT2D eigenvalue weighted by atomic mass is 9.96. The number of piperazine rings is 1. The average molecular weight is 246 g/mol. The van der Waals surface area contributed by atoms with Gasteiger partial charge in [-0.25, -0.2) is 0 Å². The minimum atomic E-state index is 0.569. The Kier molecular flexibility index (Phi) is 3.96. The number of nitrogens with one attached hydrogen (secondary N) is 1. The van der Waals surface area contributed by atoms with Crippen LogP contribution in [0.3, 0.4) is 0 Å². The second-order valence-corrected chi connectivity index (χ2v) is 6.06. The topological polar surface area (TPSA) is 15.3 Å². The SMILES string of the molecule is Cc1ccc(C)c(N2CC(C)NCC2C(C)C)c1. The van der Waals surface area contributed by atoms with Crippen LogP contribution in [0.1, 0.15) is 31.9 Å². The smallest absolute Gasteiger partial charge is 0.0438 e. The highest BCUT2D eigenvalue weighted by Crippen LogP contribution is 2.27. The van der Waals surface area contributed by atoms with Crippen molar-refractivity contribution in [3.05, 3.63) is 29.3 Å². The van der Waals surface area contributed by atoms with Crippen molar-refractivity contribution in [2.75, 3.05) is 18.0 Å². The molecule has 2 unspecified atom stereocenters. The Balaban J connectivity index is 2.34. The van der Waals surface area contributed by atoms with E-state index in [1.807, 2.05) is 0 Å². The first-order chi connectivity index (χ1) is 8.49. The minimum Gasteiger partial charge on any atom is -0.365 e. The molecule has 2 atom stereocenters. The van der Waals surface area contributed by atoms with E-state index in [-0.39, 0.29) is 0 Å². The lowest BCUT2D eigenvalue weighted by Crippen LogP contribution is -2.57. The van der Waals surface area contributed by atoms with Gasteiger partial charge >= 0.3 is 0 Å². The van der Waals surface area contributed by atoms with E-state index in [0.717, 1.165) is 13.1 Å². The van der Waals surface area contributed by atoms with Crippen LogP contribution in [0, 0.1) is 19.8 Å². The average Bonchev–Trinajstić information content (AvgIpc) is 2.31. The molecule has 0 aliphatic carbocycles. The number of nitrogens with zero attached hydrogens (tertiary/aromatic N) is 1. The van der Waals surface area contributed by atoms with Gasteiger partial charge in [-0.05, 0) is 43.9 Å². The molecule has 0 spiro atoms. The maximum Gasteiger partial charge on any atom is 0.0438 e. The van der Waals surface area contributed by atoms with Gasteiger partial charge < -0.3 is 10.2 Å². The second kappa shape index (κ2) is 5.31. The Morgan fingerprint density at radius 3 is 2.67 bits per heavy atom. The predicted octanol–water partition coefficient (Wildman–Crippen LogP) is 3.13. The zero-order valence-corrected chi connectivity index (χ0v) is 12.3. The predicted molar refractivity (Wildman–Crippen MR) is 79.4 cm³/mol. The first kappa shape index (κ1) is 13.4. The van der Waals surface area contributed by atoms with Gasteiger partial charge in [-0.15, -0.1) is 0 Å². The van der Waals surface area contributed by atoms with Gasteiger partial charge in [0.1, 0.15) is 0 Å². The number of benzene rings is 1. The molecular weight excluding hydrogens is 220 g/mol. The van der Waals surface area contributed by atoms with Gasteiger partial charge in [-0.3, -0.25) is 0 Å². The van der Waals surface area contributed by atoms with Crippen LogP contribution in [0.5, 0.6) is 0 Å². The molecule has 18 heavy (non-hydrogen) atoms. The van der Waals surface area contributed by atoms with Crippen molar-refractivity contribution in [2.24, 2.45) is 5.92 Å². The van der Waals surface area contributed by atoms with Crippen molar-refractivity contribution in [3.63, 3.8) is 0 Å². The summed E-state index contributed by atoms with van der Waals surface area (Å²) >= 11 is 0. The number of aryl methyl sites for hydroxylation is 2. The molecule has 1 aliphatic rings. The number of hydrogen-bond acceptors (Lipinski definition) is 2. The summed E-state index contributed by atoms with van der Waals surface area (Å²) in [6.07, 6.45) is 0. The fourth-order valence-electron chi connectivity index (χ4n) is 2.83. The molecule has 100 valence electrons. The van der Waals surface area contributed by atoms with E-state index in [2.05, 4.69) is 63.0 Å². The molecule has 2 nitrogen and oxygen atoms in total. The van der Waals surface area contributed by atoms with Crippen molar-refractivity contribution >= 4 is 5.69 Å². The summed E-state index contributed by atoms with van der Waals surface area (Å²) in [7, 11) is 0. The van der Waals surface area contributed by atoms with Crippen molar-refractivity contribution < 1.29 is 0 Å². The molecule has 1 aromatic rings. The molecular formula is C16H26N2. The molecule has 2 rings (SSSR count). The van der Waals surface area contributed by atoms with E-state index in [9.17, 15) is 0 Å². The van der Waals surface area contributed by atoms with Gasteiger partial charge in [-0.2, -0.15) is 0 Å². The van der Waals surface area contributed by atoms with Crippen LogP contribution in [0.15, 0.2) is 18.2 Å². The minimum absolute atomic E-state index is 0.569. The van der Waals surface area contributed by atoms with E-state index in [1.54, 1.807) is 0 Å². The Bertz CT molecular complexity index is 412. The summed E-state index contributed by atoms with van der Waals surface area (Å²) in [6, 6.07) is 7.95. The van der Waals surface area contributed by atoms with Crippen molar-refractivity contribution in [1.29, 1.82) is 0 Å². The zero-order chi connectivity index (χ0) is 13.3. The van der Waals surface area contributed by atoms with Gasteiger partial charge in [0, 0.05) is 30.9 Å². The van der Waals surface area contributed by atoms with Gasteiger partial charge in [0.15, 0.2) is 0 Å². The van der Waals surface area contributed by atoms with E-state index in [4.69, 9.17) is 0 Å². The molecule has 0 amide bonds.